The van der Waals surface area contributed by atoms with Gasteiger partial charge in [0.05, 0.1) is 12.6 Å². The number of nitrogens with two attached hydrogens (primary N) is 1. The Labute approximate surface area is 165 Å². The van der Waals surface area contributed by atoms with Crippen LogP contribution >= 0.6 is 0 Å². The molecule has 1 saturated heterocycles. The van der Waals surface area contributed by atoms with Gasteiger partial charge in [-0.1, -0.05) is 11.6 Å². The summed E-state index contributed by atoms with van der Waals surface area (Å²) in [6, 6.07) is -0.492. The monoisotopic (exact) mass is 384 g/mol. The molecule has 150 valence electrons. The molecule has 0 aromatic carbocycles. The van der Waals surface area contributed by atoms with Crippen LogP contribution in [0, 0.1) is 6.92 Å². The number of nitrogens with zero attached hydrogens (tertiary/aromatic N) is 5. The van der Waals surface area contributed by atoms with Gasteiger partial charge >= 0.3 is 0 Å². The normalized spacial score (nSPS) is 18.8. The van der Waals surface area contributed by atoms with Crippen molar-refractivity contribution in [3.63, 3.8) is 0 Å². The first-order chi connectivity index (χ1) is 13.5. The van der Waals surface area contributed by atoms with Gasteiger partial charge in [-0.15, -0.1) is 0 Å². The van der Waals surface area contributed by atoms with Crippen LogP contribution in [-0.2, 0) is 24.3 Å². The first-order valence-corrected chi connectivity index (χ1v) is 10.1. The van der Waals surface area contributed by atoms with Gasteiger partial charge in [0.1, 0.15) is 0 Å². The van der Waals surface area contributed by atoms with Gasteiger partial charge in [0.2, 0.25) is 17.6 Å². The smallest absolute Gasteiger partial charge is 0.241 e. The van der Waals surface area contributed by atoms with E-state index in [9.17, 15) is 4.79 Å². The molecule has 8 heteroatoms. The molecule has 0 bridgehead atoms. The minimum absolute atomic E-state index is 0.0313. The molecule has 2 aliphatic heterocycles. The number of amides is 1. The highest BCUT2D eigenvalue weighted by molar-refractivity contribution is 5.81. The standard InChI is InChI=1S/C20H28N6O2/c1-13(21)20(27)26-9-6-16-15(11-26)10-22-14(2)18(16)19-23-17(28-24-19)12-25-7-4-3-5-8-25/h10,13H,3-9,11-12,21H2,1-2H3/t13-/m0/s1. The van der Waals surface area contributed by atoms with Crippen molar-refractivity contribution in [2.45, 2.75) is 58.7 Å². The molecule has 0 aliphatic carbocycles. The number of aromatic nitrogens is 3. The maximum Gasteiger partial charge on any atom is 0.241 e. The fraction of sp³-hybridized carbons (Fsp3) is 0.600. The molecule has 0 spiro atoms. The van der Waals surface area contributed by atoms with Gasteiger partial charge in [-0.3, -0.25) is 14.7 Å². The van der Waals surface area contributed by atoms with Crippen LogP contribution in [0.3, 0.4) is 0 Å². The molecule has 0 saturated carbocycles. The quantitative estimate of drug-likeness (QED) is 0.855. The molecular weight excluding hydrogens is 356 g/mol. The Hall–Kier alpha value is -2.32. The van der Waals surface area contributed by atoms with Crippen LogP contribution in [0.15, 0.2) is 10.7 Å². The van der Waals surface area contributed by atoms with Crippen molar-refractivity contribution in [2.75, 3.05) is 19.6 Å². The van der Waals surface area contributed by atoms with E-state index in [1.807, 2.05) is 13.1 Å². The van der Waals surface area contributed by atoms with Gasteiger partial charge in [0.15, 0.2) is 0 Å². The van der Waals surface area contributed by atoms with Crippen LogP contribution in [-0.4, -0.2) is 56.5 Å². The van der Waals surface area contributed by atoms with Crippen molar-refractivity contribution >= 4 is 5.91 Å². The number of piperidine rings is 1. The van der Waals surface area contributed by atoms with Crippen molar-refractivity contribution in [2.24, 2.45) is 5.73 Å². The van der Waals surface area contributed by atoms with E-state index in [0.717, 1.165) is 41.9 Å². The van der Waals surface area contributed by atoms with Crippen molar-refractivity contribution in [3.05, 3.63) is 28.9 Å². The van der Waals surface area contributed by atoms with E-state index in [1.54, 1.807) is 11.8 Å². The van der Waals surface area contributed by atoms with E-state index >= 15 is 0 Å². The third kappa shape index (κ3) is 3.79. The zero-order chi connectivity index (χ0) is 19.7. The van der Waals surface area contributed by atoms with Gasteiger partial charge < -0.3 is 15.2 Å². The highest BCUT2D eigenvalue weighted by Gasteiger charge is 2.27. The molecule has 1 atom stereocenters. The molecule has 0 radical (unpaired) electrons. The Morgan fingerprint density at radius 2 is 2.07 bits per heavy atom. The van der Waals surface area contributed by atoms with E-state index in [1.165, 1.54) is 19.3 Å². The summed E-state index contributed by atoms with van der Waals surface area (Å²) < 4.78 is 5.55. The average molecular weight is 384 g/mol. The molecule has 4 heterocycles. The van der Waals surface area contributed by atoms with E-state index in [0.29, 0.717) is 31.3 Å². The topological polar surface area (TPSA) is 101 Å². The predicted molar refractivity (Wildman–Crippen MR) is 104 cm³/mol. The number of pyridine rings is 1. The number of carbonyl (C=O) groups excluding carboxylic acids is 1. The Morgan fingerprint density at radius 1 is 1.29 bits per heavy atom. The fourth-order valence-electron chi connectivity index (χ4n) is 4.15. The molecule has 2 aromatic rings. The van der Waals surface area contributed by atoms with Gasteiger partial charge in [0.25, 0.3) is 0 Å². The van der Waals surface area contributed by atoms with Gasteiger partial charge in [-0.2, -0.15) is 4.98 Å². The Bertz CT molecular complexity index is 856. The van der Waals surface area contributed by atoms with E-state index in [-0.39, 0.29) is 5.91 Å². The second kappa shape index (κ2) is 7.97. The summed E-state index contributed by atoms with van der Waals surface area (Å²) in [5, 5.41) is 4.25. The molecule has 0 unspecified atom stereocenters. The number of aryl methyl sites for hydroxylation is 1. The summed E-state index contributed by atoms with van der Waals surface area (Å²) in [4.78, 5) is 25.6. The minimum Gasteiger partial charge on any atom is -0.338 e. The summed E-state index contributed by atoms with van der Waals surface area (Å²) in [5.74, 6) is 1.22. The number of fused-ring (bicyclic) bond motifs is 1. The zero-order valence-electron chi connectivity index (χ0n) is 16.6. The fourth-order valence-corrected chi connectivity index (χ4v) is 4.15. The van der Waals surface area contributed by atoms with E-state index < -0.39 is 6.04 Å². The highest BCUT2D eigenvalue weighted by Crippen LogP contribution is 2.31. The molecule has 1 amide bonds. The predicted octanol–water partition coefficient (Wildman–Crippen LogP) is 1.66. The van der Waals surface area contributed by atoms with Crippen LogP contribution in [0.5, 0.6) is 0 Å². The summed E-state index contributed by atoms with van der Waals surface area (Å²) in [6.45, 7) is 7.72. The lowest BCUT2D eigenvalue weighted by molar-refractivity contribution is -0.133. The van der Waals surface area contributed by atoms with Gasteiger partial charge in [-0.05, 0) is 57.3 Å². The number of likely N-dealkylation sites (tertiary alicyclic amines) is 1. The van der Waals surface area contributed by atoms with Crippen molar-refractivity contribution in [3.8, 4) is 11.4 Å². The van der Waals surface area contributed by atoms with Crippen LogP contribution < -0.4 is 5.73 Å². The summed E-state index contributed by atoms with van der Waals surface area (Å²) >= 11 is 0. The Balaban J connectivity index is 1.57. The van der Waals surface area contributed by atoms with E-state index in [2.05, 4.69) is 20.0 Å². The molecule has 4 rings (SSSR count). The largest absolute Gasteiger partial charge is 0.338 e. The second-order valence-corrected chi connectivity index (χ2v) is 7.87. The SMILES string of the molecule is Cc1ncc2c(c1-c1noc(CN3CCCCC3)n1)CCN(C(=O)[C@H](C)N)C2. The third-order valence-corrected chi connectivity index (χ3v) is 5.66. The molecule has 8 nitrogen and oxygen atoms in total. The van der Waals surface area contributed by atoms with Gasteiger partial charge in [-0.25, -0.2) is 0 Å². The molecular formula is C20H28N6O2. The molecule has 28 heavy (non-hydrogen) atoms. The highest BCUT2D eigenvalue weighted by atomic mass is 16.5. The molecule has 2 N–H and O–H groups in total. The number of hydrogen-bond acceptors (Lipinski definition) is 7. The average Bonchev–Trinajstić information content (AvgIpc) is 3.15. The first-order valence-electron chi connectivity index (χ1n) is 10.1. The van der Waals surface area contributed by atoms with E-state index in [4.69, 9.17) is 10.3 Å². The molecule has 1 fully saturated rings. The summed E-state index contributed by atoms with van der Waals surface area (Å²) in [6.07, 6.45) is 6.35. The Morgan fingerprint density at radius 3 is 2.82 bits per heavy atom. The lowest BCUT2D eigenvalue weighted by Gasteiger charge is -2.31. The lowest BCUT2D eigenvalue weighted by atomic mass is 9.94. The van der Waals surface area contributed by atoms with Crippen molar-refractivity contribution < 1.29 is 9.32 Å². The minimum atomic E-state index is -0.492. The van der Waals surface area contributed by atoms with Crippen LogP contribution in [0.4, 0.5) is 0 Å². The van der Waals surface area contributed by atoms with Crippen molar-refractivity contribution in [1.29, 1.82) is 0 Å². The van der Waals surface area contributed by atoms with Crippen LogP contribution in [0.25, 0.3) is 11.4 Å². The number of rotatable bonds is 4. The van der Waals surface area contributed by atoms with Crippen molar-refractivity contribution in [1.82, 2.24) is 24.9 Å². The number of carbonyl (C=O) groups is 1. The molecule has 2 aromatic heterocycles. The van der Waals surface area contributed by atoms with Gasteiger partial charge in [0, 0.05) is 30.5 Å². The second-order valence-electron chi connectivity index (χ2n) is 7.87. The number of hydrogen-bond donors (Lipinski definition) is 1. The maximum atomic E-state index is 12.3. The lowest BCUT2D eigenvalue weighted by Crippen LogP contribution is -2.44. The molecule has 2 aliphatic rings. The third-order valence-electron chi connectivity index (χ3n) is 5.66. The zero-order valence-corrected chi connectivity index (χ0v) is 16.6. The van der Waals surface area contributed by atoms with Crippen LogP contribution in [0.1, 0.15) is 48.9 Å². The first kappa shape index (κ1) is 19.0. The maximum absolute atomic E-state index is 12.3. The van der Waals surface area contributed by atoms with Crippen LogP contribution in [0.2, 0.25) is 0 Å². The Kier molecular flexibility index (Phi) is 5.41. The summed E-state index contributed by atoms with van der Waals surface area (Å²) in [5.41, 5.74) is 9.79. The summed E-state index contributed by atoms with van der Waals surface area (Å²) in [7, 11) is 0.